The van der Waals surface area contributed by atoms with Gasteiger partial charge in [-0.3, -0.25) is 4.68 Å². The van der Waals surface area contributed by atoms with E-state index in [0.29, 0.717) is 18.1 Å². The van der Waals surface area contributed by atoms with Gasteiger partial charge in [-0.2, -0.15) is 5.10 Å². The van der Waals surface area contributed by atoms with Gasteiger partial charge < -0.3 is 10.2 Å². The number of para-hydroxylation sites is 1. The van der Waals surface area contributed by atoms with E-state index >= 15 is 0 Å². The van der Waals surface area contributed by atoms with Crippen molar-refractivity contribution in [2.24, 2.45) is 0 Å². The molecule has 0 saturated heterocycles. The van der Waals surface area contributed by atoms with Crippen LogP contribution < -0.4 is 5.73 Å². The summed E-state index contributed by atoms with van der Waals surface area (Å²) in [6, 6.07) is 13.5. The molecule has 0 amide bonds. The monoisotopic (exact) mass is 264 g/mol. The average molecular weight is 264 g/mol. The minimum Gasteiger partial charge on any atom is -0.439 e. The largest absolute Gasteiger partial charge is 0.439 e. The van der Waals surface area contributed by atoms with Crippen LogP contribution >= 0.6 is 0 Å². The van der Waals surface area contributed by atoms with E-state index in [0.717, 1.165) is 22.0 Å². The molecule has 98 valence electrons. The van der Waals surface area contributed by atoms with E-state index in [9.17, 15) is 0 Å². The van der Waals surface area contributed by atoms with Crippen LogP contribution in [-0.2, 0) is 6.54 Å². The van der Waals surface area contributed by atoms with Gasteiger partial charge in [-0.05, 0) is 24.3 Å². The summed E-state index contributed by atoms with van der Waals surface area (Å²) in [6.07, 6.45) is 1.84. The molecule has 0 aliphatic heterocycles. The van der Waals surface area contributed by atoms with Gasteiger partial charge in [0, 0.05) is 11.1 Å². The lowest BCUT2D eigenvalue weighted by molar-refractivity contribution is 0.497. The van der Waals surface area contributed by atoms with E-state index in [4.69, 9.17) is 10.2 Å². The topological polar surface area (TPSA) is 69.9 Å². The molecule has 2 aromatic carbocycles. The van der Waals surface area contributed by atoms with Gasteiger partial charge in [0.15, 0.2) is 5.58 Å². The predicted octanol–water partition coefficient (Wildman–Crippen LogP) is 2.81. The van der Waals surface area contributed by atoms with E-state index < -0.39 is 0 Å². The molecule has 2 heterocycles. The molecule has 0 atom stereocenters. The molecule has 0 saturated carbocycles. The van der Waals surface area contributed by atoms with Crippen LogP contribution in [0.1, 0.15) is 5.89 Å². The third-order valence-corrected chi connectivity index (χ3v) is 3.29. The maximum absolute atomic E-state index is 5.74. The van der Waals surface area contributed by atoms with Gasteiger partial charge in [-0.25, -0.2) is 4.98 Å². The van der Waals surface area contributed by atoms with E-state index in [-0.39, 0.29) is 0 Å². The molecule has 5 heteroatoms. The standard InChI is InChI=1S/C15H12N4O/c16-11-5-6-14-12(7-11)18-15(20-14)9-19-13-4-2-1-3-10(13)8-17-19/h1-8H,9,16H2. The maximum Gasteiger partial charge on any atom is 0.217 e. The Labute approximate surface area is 114 Å². The first-order valence-corrected chi connectivity index (χ1v) is 6.35. The van der Waals surface area contributed by atoms with Crippen molar-refractivity contribution in [2.75, 3.05) is 5.73 Å². The van der Waals surface area contributed by atoms with E-state index in [1.54, 1.807) is 6.07 Å². The first-order chi connectivity index (χ1) is 9.79. The van der Waals surface area contributed by atoms with Crippen LogP contribution in [0.15, 0.2) is 53.1 Å². The summed E-state index contributed by atoms with van der Waals surface area (Å²) in [4.78, 5) is 4.45. The number of fused-ring (bicyclic) bond motifs is 2. The fourth-order valence-electron chi connectivity index (χ4n) is 2.34. The maximum atomic E-state index is 5.74. The second-order valence-corrected chi connectivity index (χ2v) is 4.70. The lowest BCUT2D eigenvalue weighted by Crippen LogP contribution is -2.01. The van der Waals surface area contributed by atoms with Gasteiger partial charge in [0.2, 0.25) is 5.89 Å². The van der Waals surface area contributed by atoms with Crippen molar-refractivity contribution in [3.8, 4) is 0 Å². The molecule has 4 rings (SSSR count). The van der Waals surface area contributed by atoms with Crippen LogP contribution in [0.2, 0.25) is 0 Å². The zero-order valence-corrected chi connectivity index (χ0v) is 10.7. The smallest absolute Gasteiger partial charge is 0.217 e. The second kappa shape index (κ2) is 4.09. The van der Waals surface area contributed by atoms with Crippen LogP contribution in [0.3, 0.4) is 0 Å². The van der Waals surface area contributed by atoms with Crippen LogP contribution in [0.4, 0.5) is 5.69 Å². The molecule has 2 aromatic heterocycles. The zero-order chi connectivity index (χ0) is 13.5. The first kappa shape index (κ1) is 11.0. The van der Waals surface area contributed by atoms with Gasteiger partial charge in [0.05, 0.1) is 11.7 Å². The summed E-state index contributed by atoms with van der Waals surface area (Å²) in [5.74, 6) is 0.624. The minimum absolute atomic E-state index is 0.502. The summed E-state index contributed by atoms with van der Waals surface area (Å²) in [6.45, 7) is 0.502. The first-order valence-electron chi connectivity index (χ1n) is 6.35. The average Bonchev–Trinajstić information content (AvgIpc) is 3.03. The molecule has 0 unspecified atom stereocenters. The fourth-order valence-corrected chi connectivity index (χ4v) is 2.34. The number of oxazole rings is 1. The van der Waals surface area contributed by atoms with Gasteiger partial charge >= 0.3 is 0 Å². The van der Waals surface area contributed by atoms with E-state index in [1.807, 2.05) is 47.3 Å². The molecule has 20 heavy (non-hydrogen) atoms. The number of aromatic nitrogens is 3. The number of benzene rings is 2. The highest BCUT2D eigenvalue weighted by Gasteiger charge is 2.09. The predicted molar refractivity (Wildman–Crippen MR) is 77.3 cm³/mol. The number of hydrogen-bond acceptors (Lipinski definition) is 4. The number of rotatable bonds is 2. The van der Waals surface area contributed by atoms with Gasteiger partial charge in [0.25, 0.3) is 0 Å². The molecule has 0 aliphatic rings. The molecule has 0 fully saturated rings. The van der Waals surface area contributed by atoms with Crippen LogP contribution in [0.25, 0.3) is 22.0 Å². The van der Waals surface area contributed by atoms with E-state index in [2.05, 4.69) is 10.1 Å². The van der Waals surface area contributed by atoms with Gasteiger partial charge in [-0.15, -0.1) is 0 Å². The van der Waals surface area contributed by atoms with Crippen LogP contribution in [0, 0.1) is 0 Å². The molecule has 0 spiro atoms. The van der Waals surface area contributed by atoms with E-state index in [1.165, 1.54) is 0 Å². The van der Waals surface area contributed by atoms with Gasteiger partial charge in [-0.1, -0.05) is 18.2 Å². The lowest BCUT2D eigenvalue weighted by atomic mass is 10.3. The molecule has 0 aliphatic carbocycles. The zero-order valence-electron chi connectivity index (χ0n) is 10.7. The van der Waals surface area contributed by atoms with Crippen molar-refractivity contribution in [2.45, 2.75) is 6.54 Å². The lowest BCUT2D eigenvalue weighted by Gasteiger charge is -1.99. The molecule has 0 bridgehead atoms. The number of nitrogens with two attached hydrogens (primary N) is 1. The Morgan fingerprint density at radius 3 is 3.00 bits per heavy atom. The Bertz CT molecular complexity index is 906. The molecular formula is C15H12N4O. The normalized spacial score (nSPS) is 11.4. The van der Waals surface area contributed by atoms with Crippen LogP contribution in [0.5, 0.6) is 0 Å². The van der Waals surface area contributed by atoms with Crippen molar-refractivity contribution in [1.82, 2.24) is 14.8 Å². The Kier molecular flexibility index (Phi) is 2.26. The van der Waals surface area contributed by atoms with Crippen molar-refractivity contribution in [3.05, 3.63) is 54.6 Å². The molecule has 5 nitrogen and oxygen atoms in total. The summed E-state index contributed by atoms with van der Waals surface area (Å²) in [5.41, 5.74) is 9.01. The minimum atomic E-state index is 0.502. The third-order valence-electron chi connectivity index (χ3n) is 3.29. The summed E-state index contributed by atoms with van der Waals surface area (Å²) >= 11 is 0. The SMILES string of the molecule is Nc1ccc2oc(Cn3ncc4ccccc43)nc2c1. The van der Waals surface area contributed by atoms with Crippen molar-refractivity contribution in [3.63, 3.8) is 0 Å². The van der Waals surface area contributed by atoms with Crippen molar-refractivity contribution >= 4 is 27.7 Å². The fraction of sp³-hybridized carbons (Fsp3) is 0.0667. The summed E-state index contributed by atoms with van der Waals surface area (Å²) < 4.78 is 7.60. The highest BCUT2D eigenvalue weighted by Crippen LogP contribution is 2.20. The Hall–Kier alpha value is -2.82. The van der Waals surface area contributed by atoms with Crippen LogP contribution in [-0.4, -0.2) is 14.8 Å². The molecule has 0 radical (unpaired) electrons. The van der Waals surface area contributed by atoms with Crippen molar-refractivity contribution < 1.29 is 4.42 Å². The number of nitrogens with zero attached hydrogens (tertiary/aromatic N) is 3. The van der Waals surface area contributed by atoms with Crippen molar-refractivity contribution in [1.29, 1.82) is 0 Å². The molecule has 4 aromatic rings. The Balaban J connectivity index is 1.76. The quantitative estimate of drug-likeness (QED) is 0.565. The highest BCUT2D eigenvalue weighted by molar-refractivity contribution is 5.78. The number of nitrogen functional groups attached to an aromatic ring is 1. The molecule has 2 N–H and O–H groups in total. The summed E-state index contributed by atoms with van der Waals surface area (Å²) in [7, 11) is 0. The highest BCUT2D eigenvalue weighted by atomic mass is 16.3. The number of anilines is 1. The Morgan fingerprint density at radius 2 is 2.05 bits per heavy atom. The third kappa shape index (κ3) is 1.72. The Morgan fingerprint density at radius 1 is 1.15 bits per heavy atom. The number of hydrogen-bond donors (Lipinski definition) is 1. The summed E-state index contributed by atoms with van der Waals surface area (Å²) in [5, 5.41) is 5.47. The second-order valence-electron chi connectivity index (χ2n) is 4.70. The molecular weight excluding hydrogens is 252 g/mol. The van der Waals surface area contributed by atoms with Gasteiger partial charge in [0.1, 0.15) is 12.1 Å².